The Morgan fingerprint density at radius 1 is 1.00 bits per heavy atom. The van der Waals surface area contributed by atoms with Crippen LogP contribution in [0.5, 0.6) is 0 Å². The van der Waals surface area contributed by atoms with Crippen LogP contribution in [0, 0.1) is 0 Å². The summed E-state index contributed by atoms with van der Waals surface area (Å²) in [5, 5.41) is 0. The fourth-order valence-corrected chi connectivity index (χ4v) is 2.35. The first-order chi connectivity index (χ1) is 5.86. The molecule has 1 aliphatic rings. The van der Waals surface area contributed by atoms with Crippen LogP contribution >= 0.6 is 22.6 Å². The summed E-state index contributed by atoms with van der Waals surface area (Å²) in [6, 6.07) is 0. The van der Waals surface area contributed by atoms with Crippen molar-refractivity contribution in [3.63, 3.8) is 0 Å². The molecule has 72 valence electrons. The first-order valence-corrected chi connectivity index (χ1v) is 6.40. The number of hydrogen-bond donors (Lipinski definition) is 0. The predicted octanol–water partition coefficient (Wildman–Crippen LogP) is 1.45. The van der Waals surface area contributed by atoms with E-state index < -0.39 is 0 Å². The minimum atomic E-state index is 1.27. The molecular weight excluding hydrogens is 263 g/mol. The van der Waals surface area contributed by atoms with Crippen molar-refractivity contribution in [2.75, 3.05) is 43.7 Å². The Kier molecular flexibility index (Phi) is 5.50. The molecule has 2 nitrogen and oxygen atoms in total. The van der Waals surface area contributed by atoms with Crippen LogP contribution in [0.1, 0.15) is 13.3 Å². The van der Waals surface area contributed by atoms with E-state index in [1.54, 1.807) is 0 Å². The topological polar surface area (TPSA) is 6.48 Å². The maximum atomic E-state index is 2.57. The summed E-state index contributed by atoms with van der Waals surface area (Å²) < 4.78 is 1.27. The van der Waals surface area contributed by atoms with Gasteiger partial charge in [-0.15, -0.1) is 0 Å². The van der Waals surface area contributed by atoms with E-state index in [9.17, 15) is 0 Å². The smallest absolute Gasteiger partial charge is 0.0123 e. The molecule has 1 fully saturated rings. The molecule has 1 rings (SSSR count). The zero-order valence-electron chi connectivity index (χ0n) is 7.93. The second-order valence-corrected chi connectivity index (χ2v) is 4.45. The molecule has 1 heterocycles. The van der Waals surface area contributed by atoms with Crippen LogP contribution in [0.25, 0.3) is 0 Å². The van der Waals surface area contributed by atoms with Gasteiger partial charge >= 0.3 is 0 Å². The normalized spacial score (nSPS) is 21.5. The molecule has 0 radical (unpaired) electrons. The third-order valence-corrected chi connectivity index (χ3v) is 2.89. The predicted molar refractivity (Wildman–Crippen MR) is 62.1 cm³/mol. The van der Waals surface area contributed by atoms with Crippen molar-refractivity contribution in [1.29, 1.82) is 0 Å². The Hall–Kier alpha value is 0.650. The Balaban J connectivity index is 2.11. The maximum Gasteiger partial charge on any atom is 0.0123 e. The van der Waals surface area contributed by atoms with E-state index in [1.165, 1.54) is 50.1 Å². The highest BCUT2D eigenvalue weighted by atomic mass is 127. The summed E-state index contributed by atoms with van der Waals surface area (Å²) in [6.45, 7) is 9.96. The first kappa shape index (κ1) is 10.7. The molecule has 0 amide bonds. The number of rotatable bonds is 4. The van der Waals surface area contributed by atoms with E-state index in [0.717, 1.165) is 0 Å². The summed E-state index contributed by atoms with van der Waals surface area (Å²) in [6.07, 6.45) is 1.30. The minimum Gasteiger partial charge on any atom is -0.301 e. The number of nitrogens with zero attached hydrogens (tertiary/aromatic N) is 2. The molecule has 12 heavy (non-hydrogen) atoms. The molecule has 0 atom stereocenters. The van der Waals surface area contributed by atoms with E-state index in [2.05, 4.69) is 39.3 Å². The lowest BCUT2D eigenvalue weighted by molar-refractivity contribution is 0.139. The molecule has 0 N–H and O–H groups in total. The fourth-order valence-electron chi connectivity index (χ4n) is 1.67. The average Bonchev–Trinajstić information content (AvgIpc) is 2.09. The molecule has 0 aromatic heterocycles. The summed E-state index contributed by atoms with van der Waals surface area (Å²) in [5.41, 5.74) is 0. The highest BCUT2D eigenvalue weighted by Crippen LogP contribution is 2.02. The quantitative estimate of drug-likeness (QED) is 0.569. The van der Waals surface area contributed by atoms with Crippen molar-refractivity contribution in [3.05, 3.63) is 0 Å². The lowest BCUT2D eigenvalue weighted by atomic mass is 10.3. The van der Waals surface area contributed by atoms with Crippen molar-refractivity contribution in [2.24, 2.45) is 0 Å². The van der Waals surface area contributed by atoms with E-state index in [4.69, 9.17) is 0 Å². The van der Waals surface area contributed by atoms with Gasteiger partial charge in [0.15, 0.2) is 0 Å². The summed E-state index contributed by atoms with van der Waals surface area (Å²) in [5.74, 6) is 0. The highest BCUT2D eigenvalue weighted by molar-refractivity contribution is 14.1. The van der Waals surface area contributed by atoms with Gasteiger partial charge in [-0.05, 0) is 13.0 Å². The molecule has 0 aliphatic carbocycles. The number of piperazine rings is 1. The molecule has 1 saturated heterocycles. The molecule has 3 heteroatoms. The van der Waals surface area contributed by atoms with Gasteiger partial charge in [-0.3, -0.25) is 0 Å². The standard InChI is InChI=1S/C9H19IN2/c1-2-4-11-6-8-12(5-3-10)9-7-11/h2-9H2,1H3. The van der Waals surface area contributed by atoms with Crippen LogP contribution in [0.3, 0.4) is 0 Å². The summed E-state index contributed by atoms with van der Waals surface area (Å²) in [7, 11) is 0. The van der Waals surface area contributed by atoms with Crippen molar-refractivity contribution in [2.45, 2.75) is 13.3 Å². The van der Waals surface area contributed by atoms with Crippen molar-refractivity contribution in [3.8, 4) is 0 Å². The second-order valence-electron chi connectivity index (χ2n) is 3.37. The molecule has 1 aliphatic heterocycles. The third-order valence-electron chi connectivity index (χ3n) is 2.41. The Labute approximate surface area is 89.4 Å². The SMILES string of the molecule is CCCN1CCN(CCI)CC1. The van der Waals surface area contributed by atoms with Gasteiger partial charge in [-0.2, -0.15) is 0 Å². The zero-order chi connectivity index (χ0) is 8.81. The Morgan fingerprint density at radius 3 is 1.92 bits per heavy atom. The van der Waals surface area contributed by atoms with Gasteiger partial charge < -0.3 is 9.80 Å². The molecule has 0 unspecified atom stereocenters. The van der Waals surface area contributed by atoms with E-state index in [0.29, 0.717) is 0 Å². The number of halogens is 1. The van der Waals surface area contributed by atoms with Crippen LogP contribution in [-0.2, 0) is 0 Å². The Morgan fingerprint density at radius 2 is 1.50 bits per heavy atom. The van der Waals surface area contributed by atoms with Gasteiger partial charge in [0, 0.05) is 37.2 Å². The van der Waals surface area contributed by atoms with Gasteiger partial charge in [0.2, 0.25) is 0 Å². The van der Waals surface area contributed by atoms with E-state index in [-0.39, 0.29) is 0 Å². The van der Waals surface area contributed by atoms with Crippen LogP contribution in [0.2, 0.25) is 0 Å². The van der Waals surface area contributed by atoms with Gasteiger partial charge in [-0.25, -0.2) is 0 Å². The summed E-state index contributed by atoms with van der Waals surface area (Å²) in [4.78, 5) is 5.14. The average molecular weight is 282 g/mol. The molecule has 0 aromatic carbocycles. The Bertz CT molecular complexity index is 97.1. The largest absolute Gasteiger partial charge is 0.301 e. The third kappa shape index (κ3) is 3.58. The second kappa shape index (κ2) is 6.16. The van der Waals surface area contributed by atoms with E-state index in [1.807, 2.05) is 0 Å². The van der Waals surface area contributed by atoms with Gasteiger partial charge in [-0.1, -0.05) is 29.5 Å². The van der Waals surface area contributed by atoms with Gasteiger partial charge in [0.1, 0.15) is 0 Å². The van der Waals surface area contributed by atoms with Crippen LogP contribution < -0.4 is 0 Å². The van der Waals surface area contributed by atoms with Gasteiger partial charge in [0.05, 0.1) is 0 Å². The molecular formula is C9H19IN2. The van der Waals surface area contributed by atoms with Gasteiger partial charge in [0.25, 0.3) is 0 Å². The van der Waals surface area contributed by atoms with Crippen molar-refractivity contribution in [1.82, 2.24) is 9.80 Å². The maximum absolute atomic E-state index is 2.57. The lowest BCUT2D eigenvalue weighted by Crippen LogP contribution is -2.46. The van der Waals surface area contributed by atoms with Crippen LogP contribution in [0.15, 0.2) is 0 Å². The fraction of sp³-hybridized carbons (Fsp3) is 1.00. The first-order valence-electron chi connectivity index (χ1n) is 4.87. The molecule has 0 saturated carbocycles. The zero-order valence-corrected chi connectivity index (χ0v) is 10.1. The number of alkyl halides is 1. The van der Waals surface area contributed by atoms with Crippen LogP contribution in [-0.4, -0.2) is 53.5 Å². The van der Waals surface area contributed by atoms with Crippen molar-refractivity contribution < 1.29 is 0 Å². The molecule has 0 aromatic rings. The monoisotopic (exact) mass is 282 g/mol. The van der Waals surface area contributed by atoms with Crippen molar-refractivity contribution >= 4 is 22.6 Å². The molecule has 0 spiro atoms. The highest BCUT2D eigenvalue weighted by Gasteiger charge is 2.14. The minimum absolute atomic E-state index is 1.27. The molecule has 0 bridgehead atoms. The van der Waals surface area contributed by atoms with Crippen LogP contribution in [0.4, 0.5) is 0 Å². The number of hydrogen-bond acceptors (Lipinski definition) is 2. The summed E-state index contributed by atoms with van der Waals surface area (Å²) >= 11 is 2.46. The lowest BCUT2D eigenvalue weighted by Gasteiger charge is -2.34. The van der Waals surface area contributed by atoms with E-state index >= 15 is 0 Å².